The van der Waals surface area contributed by atoms with Gasteiger partial charge in [-0.3, -0.25) is 4.79 Å². The molecule has 18 heavy (non-hydrogen) atoms. The predicted molar refractivity (Wildman–Crippen MR) is 67.8 cm³/mol. The Balaban J connectivity index is 2.66. The lowest BCUT2D eigenvalue weighted by Gasteiger charge is -2.08. The summed E-state index contributed by atoms with van der Waals surface area (Å²) in [6, 6.07) is 6.00. The Bertz CT molecular complexity index is 466. The van der Waals surface area contributed by atoms with E-state index in [4.69, 9.17) is 16.2 Å². The first kappa shape index (κ1) is 13.9. The highest BCUT2D eigenvalue weighted by molar-refractivity contribution is 5.88. The van der Waals surface area contributed by atoms with Crippen LogP contribution in [-0.4, -0.2) is 17.9 Å². The van der Waals surface area contributed by atoms with Gasteiger partial charge in [-0.25, -0.2) is 4.79 Å². The Hall–Kier alpha value is -2.14. The van der Waals surface area contributed by atoms with Crippen LogP contribution in [0, 0.1) is 0 Å². The van der Waals surface area contributed by atoms with Crippen LogP contribution in [0.15, 0.2) is 36.4 Å². The molecule has 0 aliphatic rings. The summed E-state index contributed by atoms with van der Waals surface area (Å²) in [5.74, 6) is -0.608. The van der Waals surface area contributed by atoms with Gasteiger partial charge >= 0.3 is 5.97 Å². The van der Waals surface area contributed by atoms with E-state index in [1.165, 1.54) is 0 Å². The molecule has 5 nitrogen and oxygen atoms in total. The van der Waals surface area contributed by atoms with Gasteiger partial charge in [0.05, 0.1) is 6.04 Å². The zero-order chi connectivity index (χ0) is 13.7. The van der Waals surface area contributed by atoms with Gasteiger partial charge in [-0.05, 0) is 31.0 Å². The van der Waals surface area contributed by atoms with Crippen LogP contribution >= 0.6 is 0 Å². The smallest absolute Gasteiger partial charge is 0.338 e. The molecule has 0 radical (unpaired) electrons. The quantitative estimate of drug-likeness (QED) is 0.451. The summed E-state index contributed by atoms with van der Waals surface area (Å²) >= 11 is 0. The van der Waals surface area contributed by atoms with Gasteiger partial charge in [0.2, 0.25) is 5.91 Å². The second kappa shape index (κ2) is 5.97. The lowest BCUT2D eigenvalue weighted by Crippen LogP contribution is -2.38. The molecule has 1 aromatic carbocycles. The molecule has 0 fully saturated rings. The van der Waals surface area contributed by atoms with Crippen molar-refractivity contribution in [1.82, 2.24) is 0 Å². The van der Waals surface area contributed by atoms with Crippen LogP contribution in [0.3, 0.4) is 0 Å². The molecule has 1 rings (SSSR count). The molecule has 0 aromatic heterocycles. The summed E-state index contributed by atoms with van der Waals surface area (Å²) in [5, 5.41) is 0. The Kier molecular flexibility index (Phi) is 4.62. The predicted octanol–water partition coefficient (Wildman–Crippen LogP) is 0.523. The van der Waals surface area contributed by atoms with Crippen LogP contribution in [0.2, 0.25) is 0 Å². The third-order valence-electron chi connectivity index (χ3n) is 2.30. The number of ether oxygens (including phenoxy) is 1. The maximum absolute atomic E-state index is 11.3. The SMILES string of the molecule is C=C(C)C(=O)Oc1ccc(CC(N)C(N)=O)cc1. The number of hydrogen-bond donors (Lipinski definition) is 2. The molecule has 0 heterocycles. The number of rotatable bonds is 5. The van der Waals surface area contributed by atoms with E-state index in [1.54, 1.807) is 31.2 Å². The highest BCUT2D eigenvalue weighted by atomic mass is 16.5. The van der Waals surface area contributed by atoms with Crippen molar-refractivity contribution in [3.63, 3.8) is 0 Å². The Morgan fingerprint density at radius 2 is 1.89 bits per heavy atom. The number of benzene rings is 1. The summed E-state index contributed by atoms with van der Waals surface area (Å²) < 4.78 is 5.02. The van der Waals surface area contributed by atoms with Gasteiger partial charge in [-0.1, -0.05) is 18.7 Å². The number of primary amides is 1. The van der Waals surface area contributed by atoms with E-state index in [-0.39, 0.29) is 0 Å². The van der Waals surface area contributed by atoms with Crippen molar-refractivity contribution < 1.29 is 14.3 Å². The molecule has 1 atom stereocenters. The first-order chi connectivity index (χ1) is 8.40. The van der Waals surface area contributed by atoms with Crippen LogP contribution in [0.25, 0.3) is 0 Å². The summed E-state index contributed by atoms with van der Waals surface area (Å²) in [6.07, 6.45) is 0.351. The van der Waals surface area contributed by atoms with Crippen LogP contribution in [0.1, 0.15) is 12.5 Å². The van der Waals surface area contributed by atoms with Gasteiger partial charge < -0.3 is 16.2 Å². The number of carbonyl (C=O) groups excluding carboxylic acids is 2. The molecule has 1 amide bonds. The van der Waals surface area contributed by atoms with Crippen LogP contribution < -0.4 is 16.2 Å². The largest absolute Gasteiger partial charge is 0.423 e. The first-order valence-electron chi connectivity index (χ1n) is 5.41. The molecule has 0 saturated carbocycles. The third kappa shape index (κ3) is 4.03. The summed E-state index contributed by atoms with van der Waals surface area (Å²) in [6.45, 7) is 5.06. The molecule has 0 saturated heterocycles. The van der Waals surface area contributed by atoms with E-state index in [9.17, 15) is 9.59 Å². The number of nitrogens with two attached hydrogens (primary N) is 2. The molecular formula is C13H16N2O3. The van der Waals surface area contributed by atoms with Gasteiger partial charge in [-0.15, -0.1) is 0 Å². The first-order valence-corrected chi connectivity index (χ1v) is 5.41. The minimum Gasteiger partial charge on any atom is -0.423 e. The van der Waals surface area contributed by atoms with E-state index in [0.29, 0.717) is 17.7 Å². The third-order valence-corrected chi connectivity index (χ3v) is 2.30. The number of hydrogen-bond acceptors (Lipinski definition) is 4. The van der Waals surface area contributed by atoms with Gasteiger partial charge in [0.1, 0.15) is 5.75 Å². The average Bonchev–Trinajstić information content (AvgIpc) is 2.31. The van der Waals surface area contributed by atoms with Crippen molar-refractivity contribution in [3.8, 4) is 5.75 Å². The summed E-state index contributed by atoms with van der Waals surface area (Å²) in [7, 11) is 0. The van der Waals surface area contributed by atoms with Gasteiger partial charge in [0, 0.05) is 5.57 Å². The van der Waals surface area contributed by atoms with E-state index in [0.717, 1.165) is 5.56 Å². The van der Waals surface area contributed by atoms with Crippen molar-refractivity contribution in [1.29, 1.82) is 0 Å². The van der Waals surface area contributed by atoms with Crippen molar-refractivity contribution >= 4 is 11.9 Å². The van der Waals surface area contributed by atoms with Crippen LogP contribution in [0.4, 0.5) is 0 Å². The highest BCUT2D eigenvalue weighted by Crippen LogP contribution is 2.14. The standard InChI is InChI=1S/C13H16N2O3/c1-8(2)13(17)18-10-5-3-9(4-6-10)7-11(14)12(15)16/h3-6,11H,1,7,14H2,2H3,(H2,15,16). The fraction of sp³-hybridized carbons (Fsp3) is 0.231. The number of amides is 1. The van der Waals surface area contributed by atoms with Crippen molar-refractivity contribution in [3.05, 3.63) is 42.0 Å². The zero-order valence-electron chi connectivity index (χ0n) is 10.2. The normalized spacial score (nSPS) is 11.7. The van der Waals surface area contributed by atoms with Gasteiger partial charge in [0.15, 0.2) is 0 Å². The average molecular weight is 248 g/mol. The Morgan fingerprint density at radius 1 is 1.33 bits per heavy atom. The maximum Gasteiger partial charge on any atom is 0.338 e. The fourth-order valence-electron chi connectivity index (χ4n) is 1.24. The monoisotopic (exact) mass is 248 g/mol. The van der Waals surface area contributed by atoms with Crippen molar-refractivity contribution in [2.24, 2.45) is 11.5 Å². The maximum atomic E-state index is 11.3. The second-order valence-electron chi connectivity index (χ2n) is 4.03. The molecule has 0 aliphatic heterocycles. The van der Waals surface area contributed by atoms with Crippen LogP contribution in [0.5, 0.6) is 5.75 Å². The molecule has 4 N–H and O–H groups in total. The number of carbonyl (C=O) groups is 2. The molecule has 1 aromatic rings. The number of esters is 1. The zero-order valence-corrected chi connectivity index (χ0v) is 10.2. The van der Waals surface area contributed by atoms with Gasteiger partial charge in [-0.2, -0.15) is 0 Å². The highest BCUT2D eigenvalue weighted by Gasteiger charge is 2.10. The van der Waals surface area contributed by atoms with E-state index in [1.807, 2.05) is 0 Å². The Labute approximate surface area is 105 Å². The lowest BCUT2D eigenvalue weighted by atomic mass is 10.1. The minimum atomic E-state index is -0.714. The second-order valence-corrected chi connectivity index (χ2v) is 4.03. The summed E-state index contributed by atoms with van der Waals surface area (Å²) in [4.78, 5) is 22.1. The molecular weight excluding hydrogens is 232 g/mol. The van der Waals surface area contributed by atoms with Crippen molar-refractivity contribution in [2.45, 2.75) is 19.4 Å². The molecule has 5 heteroatoms. The molecule has 96 valence electrons. The van der Waals surface area contributed by atoms with E-state index < -0.39 is 17.9 Å². The lowest BCUT2D eigenvalue weighted by molar-refractivity contribution is -0.130. The molecule has 1 unspecified atom stereocenters. The van der Waals surface area contributed by atoms with E-state index in [2.05, 4.69) is 6.58 Å². The van der Waals surface area contributed by atoms with Crippen LogP contribution in [-0.2, 0) is 16.0 Å². The Morgan fingerprint density at radius 3 is 2.33 bits per heavy atom. The van der Waals surface area contributed by atoms with Crippen molar-refractivity contribution in [2.75, 3.05) is 0 Å². The van der Waals surface area contributed by atoms with Gasteiger partial charge in [0.25, 0.3) is 0 Å². The molecule has 0 aliphatic carbocycles. The topological polar surface area (TPSA) is 95.4 Å². The molecule has 0 bridgehead atoms. The van der Waals surface area contributed by atoms with E-state index >= 15 is 0 Å². The summed E-state index contributed by atoms with van der Waals surface area (Å²) in [5.41, 5.74) is 11.8. The molecule has 0 spiro atoms. The fourth-order valence-corrected chi connectivity index (χ4v) is 1.24. The minimum absolute atomic E-state index is 0.329.